The van der Waals surface area contributed by atoms with E-state index in [-0.39, 0.29) is 0 Å². The van der Waals surface area contributed by atoms with Crippen LogP contribution in [-0.2, 0) is 9.59 Å². The van der Waals surface area contributed by atoms with Gasteiger partial charge in [-0.3, -0.25) is 20.4 Å². The molecule has 0 aliphatic rings. The van der Waals surface area contributed by atoms with E-state index in [4.69, 9.17) is 27.9 Å². The van der Waals surface area contributed by atoms with Gasteiger partial charge in [-0.25, -0.2) is 0 Å². The predicted octanol–water partition coefficient (Wildman–Crippen LogP) is 2.76. The molecular formula is C16H14Cl2N2O3. The Kier molecular flexibility index (Phi) is 6.26. The number of carbonyl (C=O) groups excluding carboxylic acids is 2. The number of amides is 2. The topological polar surface area (TPSA) is 67.4 Å². The minimum absolute atomic E-state index is 0.524. The predicted molar refractivity (Wildman–Crippen MR) is 88.0 cm³/mol. The van der Waals surface area contributed by atoms with Crippen molar-refractivity contribution < 1.29 is 14.3 Å². The highest BCUT2D eigenvalue weighted by Gasteiger charge is 2.23. The van der Waals surface area contributed by atoms with Crippen LogP contribution in [0.25, 0.3) is 0 Å². The quantitative estimate of drug-likeness (QED) is 0.642. The molecule has 0 fully saturated rings. The van der Waals surface area contributed by atoms with Gasteiger partial charge in [-0.1, -0.05) is 71.7 Å². The summed E-state index contributed by atoms with van der Waals surface area (Å²) in [7, 11) is 0. The van der Waals surface area contributed by atoms with E-state index in [1.165, 1.54) is 0 Å². The summed E-state index contributed by atoms with van der Waals surface area (Å²) in [4.78, 5) is 22.4. The summed E-state index contributed by atoms with van der Waals surface area (Å²) in [5, 5.41) is 0. The lowest BCUT2D eigenvalue weighted by Gasteiger charge is -2.19. The van der Waals surface area contributed by atoms with E-state index in [9.17, 15) is 9.59 Å². The van der Waals surface area contributed by atoms with Gasteiger partial charge in [0.1, 0.15) is 5.75 Å². The van der Waals surface area contributed by atoms with Crippen LogP contribution in [0.2, 0.25) is 0 Å². The third kappa shape index (κ3) is 5.16. The number of para-hydroxylation sites is 1. The first-order valence-electron chi connectivity index (χ1n) is 6.72. The van der Waals surface area contributed by atoms with Gasteiger partial charge in [-0.2, -0.15) is 0 Å². The average molecular weight is 353 g/mol. The van der Waals surface area contributed by atoms with Crippen molar-refractivity contribution in [3.05, 3.63) is 66.2 Å². The Morgan fingerprint density at radius 3 is 1.91 bits per heavy atom. The molecule has 0 saturated carbocycles. The number of hydrogen-bond acceptors (Lipinski definition) is 3. The van der Waals surface area contributed by atoms with Crippen molar-refractivity contribution in [1.29, 1.82) is 0 Å². The Morgan fingerprint density at radius 2 is 1.35 bits per heavy atom. The van der Waals surface area contributed by atoms with E-state index in [0.717, 1.165) is 0 Å². The summed E-state index contributed by atoms with van der Waals surface area (Å²) in [5.41, 5.74) is 5.02. The molecule has 0 bridgehead atoms. The maximum absolute atomic E-state index is 12.3. The standard InChI is InChI=1S/C16H14Cl2N2O3/c17-14(18)16(22)20-19-15(21)13(11-7-3-1-4-8-11)23-12-9-5-2-6-10-12/h1-10,13-14H,(H,19,21)(H,20,22). The fourth-order valence-corrected chi connectivity index (χ4v) is 1.89. The van der Waals surface area contributed by atoms with Crippen LogP contribution in [0.1, 0.15) is 11.7 Å². The molecule has 0 heterocycles. The van der Waals surface area contributed by atoms with Crippen LogP contribution in [0.5, 0.6) is 5.75 Å². The highest BCUT2D eigenvalue weighted by atomic mass is 35.5. The third-order valence-corrected chi connectivity index (χ3v) is 3.24. The normalized spacial score (nSPS) is 11.6. The van der Waals surface area contributed by atoms with Crippen LogP contribution in [0.15, 0.2) is 60.7 Å². The average Bonchev–Trinajstić information content (AvgIpc) is 2.58. The van der Waals surface area contributed by atoms with Crippen LogP contribution >= 0.6 is 23.2 Å². The molecular weight excluding hydrogens is 339 g/mol. The van der Waals surface area contributed by atoms with Gasteiger partial charge in [0, 0.05) is 5.56 Å². The van der Waals surface area contributed by atoms with Crippen molar-refractivity contribution in [2.75, 3.05) is 0 Å². The summed E-state index contributed by atoms with van der Waals surface area (Å²) < 4.78 is 5.73. The molecule has 0 aromatic heterocycles. The van der Waals surface area contributed by atoms with Gasteiger partial charge < -0.3 is 4.74 Å². The minimum Gasteiger partial charge on any atom is -0.476 e. The van der Waals surface area contributed by atoms with Crippen LogP contribution in [0, 0.1) is 0 Å². The minimum atomic E-state index is -1.28. The molecule has 0 spiro atoms. The van der Waals surface area contributed by atoms with Crippen molar-refractivity contribution in [2.24, 2.45) is 0 Å². The van der Waals surface area contributed by atoms with Crippen molar-refractivity contribution in [1.82, 2.24) is 10.9 Å². The first-order valence-corrected chi connectivity index (χ1v) is 7.59. The summed E-state index contributed by atoms with van der Waals surface area (Å²) in [6.45, 7) is 0. The summed E-state index contributed by atoms with van der Waals surface area (Å²) >= 11 is 10.8. The number of benzene rings is 2. The molecule has 1 unspecified atom stereocenters. The molecule has 2 aromatic carbocycles. The Morgan fingerprint density at radius 1 is 0.826 bits per heavy atom. The van der Waals surface area contributed by atoms with Gasteiger partial charge in [-0.05, 0) is 12.1 Å². The fraction of sp³-hybridized carbons (Fsp3) is 0.125. The highest BCUT2D eigenvalue weighted by Crippen LogP contribution is 2.21. The Hall–Kier alpha value is -2.24. The molecule has 2 aromatic rings. The van der Waals surface area contributed by atoms with E-state index in [0.29, 0.717) is 11.3 Å². The maximum Gasteiger partial charge on any atom is 0.284 e. The SMILES string of the molecule is O=C(NNC(=O)C(Oc1ccccc1)c1ccccc1)C(Cl)Cl. The molecule has 7 heteroatoms. The van der Waals surface area contributed by atoms with Crippen LogP contribution in [0.4, 0.5) is 0 Å². The number of ether oxygens (including phenoxy) is 1. The lowest BCUT2D eigenvalue weighted by molar-refractivity contribution is -0.133. The lowest BCUT2D eigenvalue weighted by Crippen LogP contribution is -2.46. The highest BCUT2D eigenvalue weighted by molar-refractivity contribution is 6.53. The van der Waals surface area contributed by atoms with Crippen molar-refractivity contribution in [3.8, 4) is 5.75 Å². The molecule has 5 nitrogen and oxygen atoms in total. The van der Waals surface area contributed by atoms with E-state index in [1.54, 1.807) is 48.5 Å². The zero-order valence-corrected chi connectivity index (χ0v) is 13.4. The Balaban J connectivity index is 2.13. The number of alkyl halides is 2. The molecule has 0 aliphatic heterocycles. The van der Waals surface area contributed by atoms with Gasteiger partial charge in [0.2, 0.25) is 6.10 Å². The van der Waals surface area contributed by atoms with E-state index < -0.39 is 22.8 Å². The van der Waals surface area contributed by atoms with E-state index >= 15 is 0 Å². The van der Waals surface area contributed by atoms with Gasteiger partial charge in [0.15, 0.2) is 4.84 Å². The molecule has 0 saturated heterocycles. The number of halogens is 2. The fourth-order valence-electron chi connectivity index (χ4n) is 1.78. The van der Waals surface area contributed by atoms with Crippen molar-refractivity contribution in [2.45, 2.75) is 10.9 Å². The molecule has 2 rings (SSSR count). The van der Waals surface area contributed by atoms with Gasteiger partial charge in [-0.15, -0.1) is 0 Å². The monoisotopic (exact) mass is 352 g/mol. The second kappa shape index (κ2) is 8.41. The van der Waals surface area contributed by atoms with E-state index in [1.807, 2.05) is 12.1 Å². The van der Waals surface area contributed by atoms with Crippen LogP contribution in [0.3, 0.4) is 0 Å². The first-order chi connectivity index (χ1) is 11.1. The van der Waals surface area contributed by atoms with Gasteiger partial charge >= 0.3 is 0 Å². The Bertz CT molecular complexity index is 651. The third-order valence-electron chi connectivity index (χ3n) is 2.84. The zero-order chi connectivity index (χ0) is 16.7. The zero-order valence-electron chi connectivity index (χ0n) is 11.9. The molecule has 0 radical (unpaired) electrons. The second-order valence-electron chi connectivity index (χ2n) is 4.50. The molecule has 120 valence electrons. The summed E-state index contributed by atoms with van der Waals surface area (Å²) in [6.07, 6.45) is -0.942. The molecule has 2 N–H and O–H groups in total. The van der Waals surface area contributed by atoms with Gasteiger partial charge in [0.25, 0.3) is 11.8 Å². The largest absolute Gasteiger partial charge is 0.476 e. The summed E-state index contributed by atoms with van der Waals surface area (Å²) in [6, 6.07) is 17.8. The van der Waals surface area contributed by atoms with Crippen molar-refractivity contribution in [3.63, 3.8) is 0 Å². The number of carbonyl (C=O) groups is 2. The summed E-state index contributed by atoms with van der Waals surface area (Å²) in [5.74, 6) is -0.758. The maximum atomic E-state index is 12.3. The molecule has 0 aliphatic carbocycles. The van der Waals surface area contributed by atoms with Crippen LogP contribution < -0.4 is 15.6 Å². The second-order valence-corrected chi connectivity index (χ2v) is 5.60. The van der Waals surface area contributed by atoms with Crippen molar-refractivity contribution >= 4 is 35.0 Å². The molecule has 23 heavy (non-hydrogen) atoms. The molecule has 2 amide bonds. The van der Waals surface area contributed by atoms with Crippen LogP contribution in [-0.4, -0.2) is 16.7 Å². The number of hydrazine groups is 1. The number of rotatable bonds is 5. The number of nitrogens with one attached hydrogen (secondary N) is 2. The lowest BCUT2D eigenvalue weighted by atomic mass is 10.1. The smallest absolute Gasteiger partial charge is 0.284 e. The Labute approximate surface area is 143 Å². The number of hydrogen-bond donors (Lipinski definition) is 2. The van der Waals surface area contributed by atoms with E-state index in [2.05, 4.69) is 10.9 Å². The molecule has 1 atom stereocenters. The van der Waals surface area contributed by atoms with Gasteiger partial charge in [0.05, 0.1) is 0 Å². The first kappa shape index (κ1) is 17.1.